The number of aliphatic hydroxyl groups excluding tert-OH is 1. The zero-order valence-electron chi connectivity index (χ0n) is 11.3. The van der Waals surface area contributed by atoms with Gasteiger partial charge in [0.05, 0.1) is 14.2 Å². The first-order valence-electron chi connectivity index (χ1n) is 5.97. The van der Waals surface area contributed by atoms with Crippen LogP contribution in [0.15, 0.2) is 36.5 Å². The lowest BCUT2D eigenvalue weighted by molar-refractivity contribution is 0.219. The molecule has 0 aliphatic rings. The zero-order valence-corrected chi connectivity index (χ0v) is 11.3. The number of pyridine rings is 1. The van der Waals surface area contributed by atoms with E-state index in [4.69, 9.17) is 9.47 Å². The van der Waals surface area contributed by atoms with Crippen LogP contribution in [0.3, 0.4) is 0 Å². The molecule has 1 heterocycles. The number of methoxy groups -OCH3 is 2. The van der Waals surface area contributed by atoms with Crippen molar-refractivity contribution in [2.45, 2.75) is 13.0 Å². The Morgan fingerprint density at radius 1 is 1.00 bits per heavy atom. The molecule has 1 N–H and O–H groups in total. The van der Waals surface area contributed by atoms with Gasteiger partial charge >= 0.3 is 0 Å². The third kappa shape index (κ3) is 3.03. The highest BCUT2D eigenvalue weighted by molar-refractivity contribution is 5.42. The Hall–Kier alpha value is -2.07. The molecule has 0 amide bonds. The maximum absolute atomic E-state index is 10.4. The van der Waals surface area contributed by atoms with E-state index in [2.05, 4.69) is 4.98 Å². The summed E-state index contributed by atoms with van der Waals surface area (Å²) in [6, 6.07) is 9.01. The lowest BCUT2D eigenvalue weighted by Crippen LogP contribution is -2.02. The second kappa shape index (κ2) is 5.71. The SMILES string of the molecule is COc1cc(OC)cc(C(O)c2ccnc(C)c2)c1. The Labute approximate surface area is 112 Å². The number of hydrogen-bond acceptors (Lipinski definition) is 4. The van der Waals surface area contributed by atoms with Gasteiger partial charge in [-0.3, -0.25) is 4.98 Å². The van der Waals surface area contributed by atoms with Gasteiger partial charge in [-0.1, -0.05) is 0 Å². The van der Waals surface area contributed by atoms with Gasteiger partial charge < -0.3 is 14.6 Å². The van der Waals surface area contributed by atoms with Crippen LogP contribution in [0.25, 0.3) is 0 Å². The van der Waals surface area contributed by atoms with Gasteiger partial charge in [-0.05, 0) is 42.3 Å². The Bertz CT molecular complexity index is 547. The first-order valence-corrected chi connectivity index (χ1v) is 5.97. The quantitative estimate of drug-likeness (QED) is 0.916. The molecule has 0 aliphatic heterocycles. The average Bonchev–Trinajstić information content (AvgIpc) is 2.45. The Morgan fingerprint density at radius 3 is 2.16 bits per heavy atom. The van der Waals surface area contributed by atoms with Crippen molar-refractivity contribution in [1.29, 1.82) is 0 Å². The molecule has 0 saturated heterocycles. The number of aliphatic hydroxyl groups is 1. The summed E-state index contributed by atoms with van der Waals surface area (Å²) in [4.78, 5) is 4.12. The van der Waals surface area contributed by atoms with E-state index in [0.29, 0.717) is 11.5 Å². The first kappa shape index (κ1) is 13.4. The van der Waals surface area contributed by atoms with Crippen molar-refractivity contribution in [2.24, 2.45) is 0 Å². The molecule has 0 fully saturated rings. The third-order valence-electron chi connectivity index (χ3n) is 2.93. The van der Waals surface area contributed by atoms with E-state index < -0.39 is 6.10 Å². The summed E-state index contributed by atoms with van der Waals surface area (Å²) in [6.45, 7) is 1.89. The fourth-order valence-corrected chi connectivity index (χ4v) is 1.92. The second-order valence-electron chi connectivity index (χ2n) is 4.28. The molecule has 1 aromatic carbocycles. The topological polar surface area (TPSA) is 51.6 Å². The minimum absolute atomic E-state index is 0.652. The predicted molar refractivity (Wildman–Crippen MR) is 72.6 cm³/mol. The molecule has 4 nitrogen and oxygen atoms in total. The van der Waals surface area contributed by atoms with Crippen LogP contribution in [0.4, 0.5) is 0 Å². The fraction of sp³-hybridized carbons (Fsp3) is 0.267. The van der Waals surface area contributed by atoms with E-state index in [1.165, 1.54) is 0 Å². The summed E-state index contributed by atoms with van der Waals surface area (Å²) in [7, 11) is 3.17. The molecule has 19 heavy (non-hydrogen) atoms. The van der Waals surface area contributed by atoms with Gasteiger partial charge in [-0.25, -0.2) is 0 Å². The Kier molecular flexibility index (Phi) is 4.02. The number of rotatable bonds is 4. The highest BCUT2D eigenvalue weighted by Crippen LogP contribution is 2.29. The van der Waals surface area contributed by atoms with Crippen LogP contribution in [0.1, 0.15) is 22.9 Å². The molecule has 0 bridgehead atoms. The summed E-state index contributed by atoms with van der Waals surface area (Å²) in [6.07, 6.45) is 0.955. The van der Waals surface area contributed by atoms with E-state index >= 15 is 0 Å². The maximum atomic E-state index is 10.4. The number of aryl methyl sites for hydroxylation is 1. The zero-order chi connectivity index (χ0) is 13.8. The highest BCUT2D eigenvalue weighted by atomic mass is 16.5. The van der Waals surface area contributed by atoms with Crippen LogP contribution < -0.4 is 9.47 Å². The largest absolute Gasteiger partial charge is 0.497 e. The van der Waals surface area contributed by atoms with E-state index in [1.54, 1.807) is 44.7 Å². The minimum Gasteiger partial charge on any atom is -0.497 e. The smallest absolute Gasteiger partial charge is 0.122 e. The summed E-state index contributed by atoms with van der Waals surface area (Å²) in [5.74, 6) is 1.30. The summed E-state index contributed by atoms with van der Waals surface area (Å²) < 4.78 is 10.4. The van der Waals surface area contributed by atoms with Crippen LogP contribution in [0.2, 0.25) is 0 Å². The van der Waals surface area contributed by atoms with Crippen molar-refractivity contribution in [1.82, 2.24) is 4.98 Å². The molecule has 0 saturated carbocycles. The van der Waals surface area contributed by atoms with Crippen LogP contribution >= 0.6 is 0 Å². The fourth-order valence-electron chi connectivity index (χ4n) is 1.92. The molecule has 0 radical (unpaired) electrons. The first-order chi connectivity index (χ1) is 9.13. The van der Waals surface area contributed by atoms with E-state index in [1.807, 2.05) is 13.0 Å². The van der Waals surface area contributed by atoms with Gasteiger partial charge in [0, 0.05) is 18.0 Å². The average molecular weight is 259 g/mol. The lowest BCUT2D eigenvalue weighted by atomic mass is 10.0. The molecular formula is C15H17NO3. The molecule has 0 aliphatic carbocycles. The van der Waals surface area contributed by atoms with Crippen molar-refractivity contribution >= 4 is 0 Å². The van der Waals surface area contributed by atoms with E-state index in [9.17, 15) is 5.11 Å². The van der Waals surface area contributed by atoms with E-state index in [0.717, 1.165) is 16.8 Å². The van der Waals surface area contributed by atoms with Gasteiger partial charge in [0.2, 0.25) is 0 Å². The molecule has 1 aromatic heterocycles. The van der Waals surface area contributed by atoms with Crippen LogP contribution in [0, 0.1) is 6.92 Å². The van der Waals surface area contributed by atoms with Gasteiger partial charge in [0.1, 0.15) is 17.6 Å². The number of nitrogens with zero attached hydrogens (tertiary/aromatic N) is 1. The predicted octanol–water partition coefficient (Wildman–Crippen LogP) is 2.49. The summed E-state index contributed by atoms with van der Waals surface area (Å²) in [5.41, 5.74) is 2.39. The minimum atomic E-state index is -0.731. The van der Waals surface area contributed by atoms with Crippen molar-refractivity contribution in [2.75, 3.05) is 14.2 Å². The van der Waals surface area contributed by atoms with Crippen LogP contribution in [0.5, 0.6) is 11.5 Å². The summed E-state index contributed by atoms with van der Waals surface area (Å²) in [5, 5.41) is 10.4. The maximum Gasteiger partial charge on any atom is 0.122 e. The number of aromatic nitrogens is 1. The number of benzene rings is 1. The van der Waals surface area contributed by atoms with Crippen molar-refractivity contribution in [3.8, 4) is 11.5 Å². The number of ether oxygens (including phenoxy) is 2. The van der Waals surface area contributed by atoms with Crippen molar-refractivity contribution in [3.63, 3.8) is 0 Å². The molecule has 4 heteroatoms. The standard InChI is InChI=1S/C15H17NO3/c1-10-6-11(4-5-16-10)15(17)12-7-13(18-2)9-14(8-12)19-3/h4-9,15,17H,1-3H3. The van der Waals surface area contributed by atoms with Crippen molar-refractivity contribution in [3.05, 3.63) is 53.3 Å². The molecule has 2 rings (SSSR count). The second-order valence-corrected chi connectivity index (χ2v) is 4.28. The number of hydrogen-bond donors (Lipinski definition) is 1. The summed E-state index contributed by atoms with van der Waals surface area (Å²) >= 11 is 0. The monoisotopic (exact) mass is 259 g/mol. The van der Waals surface area contributed by atoms with Crippen molar-refractivity contribution < 1.29 is 14.6 Å². The molecular weight excluding hydrogens is 242 g/mol. The highest BCUT2D eigenvalue weighted by Gasteiger charge is 2.13. The molecule has 2 aromatic rings. The normalized spacial score (nSPS) is 12.0. The van der Waals surface area contributed by atoms with Gasteiger partial charge in [0.25, 0.3) is 0 Å². The van der Waals surface area contributed by atoms with Gasteiger partial charge in [-0.2, -0.15) is 0 Å². The molecule has 1 atom stereocenters. The Morgan fingerprint density at radius 2 is 1.63 bits per heavy atom. The van der Waals surface area contributed by atoms with Crippen LogP contribution in [-0.2, 0) is 0 Å². The molecule has 1 unspecified atom stereocenters. The van der Waals surface area contributed by atoms with Gasteiger partial charge in [0.15, 0.2) is 0 Å². The Balaban J connectivity index is 2.40. The van der Waals surface area contributed by atoms with E-state index in [-0.39, 0.29) is 0 Å². The lowest BCUT2D eigenvalue weighted by Gasteiger charge is -2.14. The molecule has 0 spiro atoms. The third-order valence-corrected chi connectivity index (χ3v) is 2.93. The van der Waals surface area contributed by atoms with Gasteiger partial charge in [-0.15, -0.1) is 0 Å². The molecule has 100 valence electrons. The van der Waals surface area contributed by atoms with Crippen LogP contribution in [-0.4, -0.2) is 24.3 Å².